The van der Waals surface area contributed by atoms with Crippen LogP contribution >= 0.6 is 0 Å². The van der Waals surface area contributed by atoms with Crippen LogP contribution in [0.2, 0.25) is 0 Å². The number of nitrogens with one attached hydrogen (secondary N) is 1. The fraction of sp³-hybridized carbons (Fsp3) is 0.852. The molecule has 5 aliphatic carbocycles. The molecule has 0 spiro atoms. The van der Waals surface area contributed by atoms with E-state index in [0.717, 1.165) is 64.2 Å². The number of carbonyl (C=O) groups is 4. The summed E-state index contributed by atoms with van der Waals surface area (Å²) in [5.74, 6) is 0.801. The lowest BCUT2D eigenvalue weighted by molar-refractivity contribution is -0.253. The SMILES string of the molecule is Cc1cn([C@H]2C[C@H](N=[N+]=[N-])C(COC(=O)CC(C)(C)CC(=O)OC[C@]34CC[C@@H](C(C)C)[C@@H]3[C@H]3CC[C@@H]5[C@@]6(C)CC[C@H](OC(=O)CC(C)(C)CC(=O)O)C(C)(C)[C@@H]6CC[C@@]5(C)[C@]3(C)CC4)O2)c(=O)[nH]c1=O. The number of aliphatic carboxylic acids is 1. The van der Waals surface area contributed by atoms with Gasteiger partial charge in [0.2, 0.25) is 0 Å². The molecule has 0 aromatic carbocycles. The standard InChI is InChI=1S/C54H83N5O11/c1-31(2)33-15-20-54(30-68-43(63)26-49(6,7)25-42(62)67-29-36-35(57-58-55)23-40(69-36)59-28-32(3)46(65)56-47(59)66)22-21-52(11)34(45(33)54)13-14-38-51(10)18-17-39(50(8,9)37(51)16-19-53(38,52)12)70-44(64)27-48(4,5)24-41(60)61/h28,31,33-40,45H,13-27,29-30H2,1-12H3,(H,60,61)(H,56,65,66)/t33-,34+,35-,36?,37-,38+,39-,40+,45+,51-,52+,53+,54+/m0/s1. The summed E-state index contributed by atoms with van der Waals surface area (Å²) in [6.45, 7) is 26.2. The summed E-state index contributed by atoms with van der Waals surface area (Å²) in [6.07, 6.45) is 10.2. The average Bonchev–Trinajstić information content (AvgIpc) is 3.83. The van der Waals surface area contributed by atoms with E-state index >= 15 is 0 Å². The van der Waals surface area contributed by atoms with Crippen molar-refractivity contribution in [2.45, 2.75) is 204 Å². The molecular weight excluding hydrogens is 895 g/mol. The van der Waals surface area contributed by atoms with Gasteiger partial charge in [0.25, 0.3) is 5.56 Å². The number of ether oxygens (including phenoxy) is 4. The molecule has 1 aromatic rings. The van der Waals surface area contributed by atoms with Crippen molar-refractivity contribution in [3.63, 3.8) is 0 Å². The molecule has 0 amide bonds. The third-order valence-corrected chi connectivity index (χ3v) is 20.0. The summed E-state index contributed by atoms with van der Waals surface area (Å²) < 4.78 is 25.5. The fourth-order valence-electron chi connectivity index (χ4n) is 16.4. The van der Waals surface area contributed by atoms with Gasteiger partial charge in [0.05, 0.1) is 38.3 Å². The Balaban J connectivity index is 0.980. The van der Waals surface area contributed by atoms with E-state index in [2.05, 4.69) is 63.5 Å². The lowest BCUT2D eigenvalue weighted by Crippen LogP contribution is -2.67. The van der Waals surface area contributed by atoms with Crippen LogP contribution in [0.15, 0.2) is 20.9 Å². The van der Waals surface area contributed by atoms with Gasteiger partial charge in [-0.15, -0.1) is 0 Å². The third-order valence-electron chi connectivity index (χ3n) is 20.0. The van der Waals surface area contributed by atoms with Crippen LogP contribution in [0.25, 0.3) is 10.4 Å². The Morgan fingerprint density at radius 1 is 0.857 bits per heavy atom. The molecule has 16 nitrogen and oxygen atoms in total. The highest BCUT2D eigenvalue weighted by Crippen LogP contribution is 2.77. The number of rotatable bonds is 16. The van der Waals surface area contributed by atoms with Crippen LogP contribution in [0.1, 0.15) is 184 Å². The maximum atomic E-state index is 13.9. The Bertz CT molecular complexity index is 2350. The molecule has 1 aliphatic heterocycles. The first-order chi connectivity index (χ1) is 32.5. The van der Waals surface area contributed by atoms with E-state index in [1.165, 1.54) is 10.8 Å². The minimum Gasteiger partial charge on any atom is -0.481 e. The van der Waals surface area contributed by atoms with Gasteiger partial charge in [-0.05, 0) is 139 Å². The lowest BCUT2D eigenvalue weighted by Gasteiger charge is -2.73. The summed E-state index contributed by atoms with van der Waals surface area (Å²) in [5, 5.41) is 13.2. The number of azide groups is 1. The van der Waals surface area contributed by atoms with Gasteiger partial charge >= 0.3 is 29.6 Å². The van der Waals surface area contributed by atoms with Crippen molar-refractivity contribution in [3.05, 3.63) is 43.0 Å². The molecule has 2 heterocycles. The maximum Gasteiger partial charge on any atom is 0.330 e. The molecule has 1 aromatic heterocycles. The quantitative estimate of drug-likeness (QED) is 0.0520. The van der Waals surface area contributed by atoms with Gasteiger partial charge in [0.1, 0.15) is 25.0 Å². The van der Waals surface area contributed by atoms with Crippen LogP contribution in [0.3, 0.4) is 0 Å². The van der Waals surface area contributed by atoms with Crippen molar-refractivity contribution in [1.82, 2.24) is 9.55 Å². The number of aromatic nitrogens is 2. The lowest BCUT2D eigenvalue weighted by atomic mass is 9.32. The zero-order valence-corrected chi connectivity index (χ0v) is 44.2. The van der Waals surface area contributed by atoms with Crippen LogP contribution in [0, 0.1) is 80.3 Å². The number of hydrogen-bond donors (Lipinski definition) is 2. The number of carbonyl (C=O) groups excluding carboxylic acids is 3. The molecule has 6 fully saturated rings. The molecule has 1 unspecified atom stereocenters. The molecule has 6 aliphatic rings. The molecule has 70 heavy (non-hydrogen) atoms. The van der Waals surface area contributed by atoms with E-state index < -0.39 is 52.4 Å². The van der Waals surface area contributed by atoms with E-state index in [1.54, 1.807) is 6.92 Å². The number of hydrogen-bond acceptors (Lipinski definition) is 11. The smallest absolute Gasteiger partial charge is 0.330 e. The highest BCUT2D eigenvalue weighted by molar-refractivity contribution is 5.74. The normalized spacial score (nSPS) is 36.7. The van der Waals surface area contributed by atoms with Gasteiger partial charge in [0, 0.05) is 33.9 Å². The molecule has 1 saturated heterocycles. The molecule has 0 bridgehead atoms. The molecule has 13 atom stereocenters. The summed E-state index contributed by atoms with van der Waals surface area (Å²) in [7, 11) is 0. The molecule has 0 radical (unpaired) electrons. The van der Waals surface area contributed by atoms with Crippen LogP contribution in [0.5, 0.6) is 0 Å². The predicted octanol–water partition coefficient (Wildman–Crippen LogP) is 10.2. The molecule has 2 N–H and O–H groups in total. The first kappa shape index (κ1) is 53.6. The van der Waals surface area contributed by atoms with E-state index in [-0.39, 0.29) is 83.8 Å². The number of esters is 3. The second-order valence-electron chi connectivity index (χ2n) is 26.2. The highest BCUT2D eigenvalue weighted by Gasteiger charge is 2.71. The van der Waals surface area contributed by atoms with Gasteiger partial charge in [0.15, 0.2) is 0 Å². The maximum absolute atomic E-state index is 13.9. The number of aryl methyl sites for hydroxylation is 1. The highest BCUT2D eigenvalue weighted by atomic mass is 16.6. The first-order valence-corrected chi connectivity index (χ1v) is 26.3. The molecule has 5 saturated carbocycles. The minimum atomic E-state index is -0.911. The van der Waals surface area contributed by atoms with Gasteiger partial charge in [-0.2, -0.15) is 0 Å². The van der Waals surface area contributed by atoms with Crippen LogP contribution in [-0.4, -0.2) is 70.0 Å². The molecule has 390 valence electrons. The van der Waals surface area contributed by atoms with Gasteiger partial charge in [-0.1, -0.05) is 81.3 Å². The Labute approximate surface area is 414 Å². The number of fused-ring (bicyclic) bond motifs is 7. The summed E-state index contributed by atoms with van der Waals surface area (Å²) in [5.41, 5.74) is 6.89. The van der Waals surface area contributed by atoms with Crippen molar-refractivity contribution < 1.29 is 43.2 Å². The fourth-order valence-corrected chi connectivity index (χ4v) is 16.4. The van der Waals surface area contributed by atoms with E-state index in [9.17, 15) is 39.4 Å². The second-order valence-corrected chi connectivity index (χ2v) is 26.2. The zero-order chi connectivity index (χ0) is 51.6. The number of carboxylic acids is 1. The Hall–Kier alpha value is -4.17. The van der Waals surface area contributed by atoms with E-state index in [1.807, 2.05) is 27.7 Å². The van der Waals surface area contributed by atoms with Gasteiger partial charge in [-0.25, -0.2) is 4.79 Å². The second kappa shape index (κ2) is 19.4. The summed E-state index contributed by atoms with van der Waals surface area (Å²) in [4.78, 5) is 81.6. The van der Waals surface area contributed by atoms with E-state index in [0.29, 0.717) is 47.7 Å². The number of nitrogens with zero attached hydrogens (tertiary/aromatic N) is 4. The van der Waals surface area contributed by atoms with Crippen molar-refractivity contribution in [2.24, 2.45) is 78.5 Å². The molecular formula is C54H83N5O11. The molecule has 16 heteroatoms. The average molecular weight is 978 g/mol. The van der Waals surface area contributed by atoms with Crippen LogP contribution < -0.4 is 11.2 Å². The summed E-state index contributed by atoms with van der Waals surface area (Å²) >= 11 is 0. The largest absolute Gasteiger partial charge is 0.481 e. The predicted molar refractivity (Wildman–Crippen MR) is 262 cm³/mol. The minimum absolute atomic E-state index is 0.0358. The monoisotopic (exact) mass is 978 g/mol. The number of H-pyrrole nitrogens is 1. The van der Waals surface area contributed by atoms with Gasteiger partial charge in [-0.3, -0.25) is 33.5 Å². The third kappa shape index (κ3) is 9.99. The van der Waals surface area contributed by atoms with Crippen LogP contribution in [-0.2, 0) is 38.1 Å². The first-order valence-electron chi connectivity index (χ1n) is 26.3. The summed E-state index contributed by atoms with van der Waals surface area (Å²) in [6, 6.07) is -0.718. The molecule has 7 rings (SSSR count). The van der Waals surface area contributed by atoms with E-state index in [4.69, 9.17) is 18.9 Å². The Kier molecular flexibility index (Phi) is 14.8. The van der Waals surface area contributed by atoms with Gasteiger partial charge < -0.3 is 24.1 Å². The van der Waals surface area contributed by atoms with Crippen LogP contribution in [0.4, 0.5) is 0 Å². The topological polar surface area (TPSA) is 229 Å². The van der Waals surface area contributed by atoms with Crippen molar-refractivity contribution in [3.8, 4) is 0 Å². The van der Waals surface area contributed by atoms with Crippen molar-refractivity contribution in [2.75, 3.05) is 13.2 Å². The Morgan fingerprint density at radius 3 is 2.17 bits per heavy atom. The van der Waals surface area contributed by atoms with Crippen molar-refractivity contribution in [1.29, 1.82) is 0 Å². The number of aromatic amines is 1. The number of carboxylic acid groups (broad SMARTS) is 1. The Morgan fingerprint density at radius 2 is 1.51 bits per heavy atom. The van der Waals surface area contributed by atoms with Crippen molar-refractivity contribution >= 4 is 23.9 Å². The zero-order valence-electron chi connectivity index (χ0n) is 44.2.